The highest BCUT2D eigenvalue weighted by Gasteiger charge is 2.23. The van der Waals surface area contributed by atoms with Crippen molar-refractivity contribution in [2.24, 2.45) is 0 Å². The maximum Gasteiger partial charge on any atom is 0.274 e. The molecule has 0 aliphatic rings. The Morgan fingerprint density at radius 3 is 2.81 bits per heavy atom. The maximum atomic E-state index is 12.3. The van der Waals surface area contributed by atoms with E-state index in [4.69, 9.17) is 4.42 Å². The van der Waals surface area contributed by atoms with E-state index in [0.717, 1.165) is 16.3 Å². The van der Waals surface area contributed by atoms with Gasteiger partial charge in [-0.3, -0.25) is 0 Å². The number of hydrogen-bond donors (Lipinski definition) is 2. The van der Waals surface area contributed by atoms with Crippen molar-refractivity contribution in [2.45, 2.75) is 37.9 Å². The SMILES string of the molecule is CCc1cnc(C(C)NS(=O)(=O)c2ccc(CNC)o2)s1. The molecule has 0 aliphatic carbocycles. The predicted molar refractivity (Wildman–Crippen MR) is 81.7 cm³/mol. The number of nitrogens with one attached hydrogen (secondary N) is 2. The first-order valence-corrected chi connectivity index (χ1v) is 8.96. The molecule has 21 heavy (non-hydrogen) atoms. The molecule has 0 saturated heterocycles. The fourth-order valence-corrected chi connectivity index (χ4v) is 3.89. The van der Waals surface area contributed by atoms with Gasteiger partial charge in [-0.25, -0.2) is 13.4 Å². The van der Waals surface area contributed by atoms with E-state index in [1.165, 1.54) is 17.4 Å². The monoisotopic (exact) mass is 329 g/mol. The molecule has 1 unspecified atom stereocenters. The van der Waals surface area contributed by atoms with Crippen molar-refractivity contribution in [1.82, 2.24) is 15.0 Å². The zero-order valence-electron chi connectivity index (χ0n) is 12.2. The van der Waals surface area contributed by atoms with Gasteiger partial charge in [0.2, 0.25) is 5.09 Å². The minimum atomic E-state index is -3.68. The molecule has 2 rings (SSSR count). The second kappa shape index (κ2) is 6.69. The van der Waals surface area contributed by atoms with Crippen LogP contribution in [-0.2, 0) is 23.0 Å². The average molecular weight is 329 g/mol. The third-order valence-electron chi connectivity index (χ3n) is 2.88. The summed E-state index contributed by atoms with van der Waals surface area (Å²) in [4.78, 5) is 5.38. The van der Waals surface area contributed by atoms with E-state index in [2.05, 4.69) is 15.0 Å². The number of furan rings is 1. The van der Waals surface area contributed by atoms with E-state index < -0.39 is 16.1 Å². The number of aromatic nitrogens is 1. The summed E-state index contributed by atoms with van der Waals surface area (Å²) in [6.45, 7) is 4.29. The molecule has 2 heterocycles. The summed E-state index contributed by atoms with van der Waals surface area (Å²) in [6, 6.07) is 2.72. The quantitative estimate of drug-likeness (QED) is 0.812. The molecule has 0 bridgehead atoms. The van der Waals surface area contributed by atoms with E-state index in [0.29, 0.717) is 12.3 Å². The molecule has 2 N–H and O–H groups in total. The lowest BCUT2D eigenvalue weighted by Gasteiger charge is -2.10. The van der Waals surface area contributed by atoms with E-state index in [1.54, 1.807) is 26.2 Å². The maximum absolute atomic E-state index is 12.3. The van der Waals surface area contributed by atoms with E-state index in [1.807, 2.05) is 6.92 Å². The second-order valence-electron chi connectivity index (χ2n) is 4.61. The number of aryl methyl sites for hydroxylation is 1. The van der Waals surface area contributed by atoms with Gasteiger partial charge in [-0.2, -0.15) is 4.72 Å². The molecule has 0 radical (unpaired) electrons. The van der Waals surface area contributed by atoms with E-state index >= 15 is 0 Å². The Kier molecular flexibility index (Phi) is 5.15. The second-order valence-corrected chi connectivity index (χ2v) is 7.40. The van der Waals surface area contributed by atoms with E-state index in [-0.39, 0.29) is 5.09 Å². The summed E-state index contributed by atoms with van der Waals surface area (Å²) in [6.07, 6.45) is 2.67. The molecule has 2 aromatic heterocycles. The third kappa shape index (κ3) is 3.91. The molecule has 8 heteroatoms. The highest BCUT2D eigenvalue weighted by Crippen LogP contribution is 2.23. The van der Waals surface area contributed by atoms with Crippen molar-refractivity contribution in [1.29, 1.82) is 0 Å². The molecule has 0 aromatic carbocycles. The molecular formula is C13H19N3O3S2. The summed E-state index contributed by atoms with van der Waals surface area (Å²) >= 11 is 1.51. The van der Waals surface area contributed by atoms with Gasteiger partial charge < -0.3 is 9.73 Å². The summed E-state index contributed by atoms with van der Waals surface area (Å²) in [5.74, 6) is 0.577. The number of nitrogens with zero attached hydrogens (tertiary/aromatic N) is 1. The Balaban J connectivity index is 2.12. The Bertz CT molecular complexity index is 691. The predicted octanol–water partition coefficient (Wildman–Crippen LogP) is 2.06. The summed E-state index contributed by atoms with van der Waals surface area (Å²) < 4.78 is 32.4. The normalized spacial score (nSPS) is 13.5. The van der Waals surface area contributed by atoms with Gasteiger partial charge in [0.25, 0.3) is 10.0 Å². The van der Waals surface area contributed by atoms with Crippen molar-refractivity contribution in [3.63, 3.8) is 0 Å². The lowest BCUT2D eigenvalue weighted by atomic mass is 10.4. The van der Waals surface area contributed by atoms with Crippen LogP contribution in [0.1, 0.15) is 35.5 Å². The third-order valence-corrected chi connectivity index (χ3v) is 5.61. The summed E-state index contributed by atoms with van der Waals surface area (Å²) in [5, 5.41) is 3.58. The van der Waals surface area contributed by atoms with Crippen molar-refractivity contribution in [2.75, 3.05) is 7.05 Å². The van der Waals surface area contributed by atoms with Gasteiger partial charge in [-0.05, 0) is 32.5 Å². The molecule has 2 aromatic rings. The van der Waals surface area contributed by atoms with Crippen LogP contribution < -0.4 is 10.0 Å². The lowest BCUT2D eigenvalue weighted by Crippen LogP contribution is -2.26. The van der Waals surface area contributed by atoms with Gasteiger partial charge in [-0.15, -0.1) is 11.3 Å². The first-order chi connectivity index (χ1) is 9.96. The minimum absolute atomic E-state index is 0.0770. The summed E-state index contributed by atoms with van der Waals surface area (Å²) in [5.41, 5.74) is 0. The number of thiazole rings is 1. The first kappa shape index (κ1) is 16.2. The van der Waals surface area contributed by atoms with Crippen LogP contribution in [0, 0.1) is 0 Å². The Hall–Kier alpha value is -1.22. The highest BCUT2D eigenvalue weighted by molar-refractivity contribution is 7.89. The average Bonchev–Trinajstić information content (AvgIpc) is 3.07. The molecule has 6 nitrogen and oxygen atoms in total. The fraction of sp³-hybridized carbons (Fsp3) is 0.462. The molecule has 0 amide bonds. The van der Waals surface area contributed by atoms with Gasteiger partial charge in [0.05, 0.1) is 12.6 Å². The van der Waals surface area contributed by atoms with Crippen LogP contribution in [-0.4, -0.2) is 20.4 Å². The van der Waals surface area contributed by atoms with Crippen LogP contribution in [0.15, 0.2) is 27.8 Å². The molecule has 0 fully saturated rings. The number of sulfonamides is 1. The molecular weight excluding hydrogens is 310 g/mol. The number of rotatable bonds is 7. The van der Waals surface area contributed by atoms with E-state index in [9.17, 15) is 8.42 Å². The van der Waals surface area contributed by atoms with Crippen molar-refractivity contribution < 1.29 is 12.8 Å². The highest BCUT2D eigenvalue weighted by atomic mass is 32.2. The molecule has 116 valence electrons. The topological polar surface area (TPSA) is 84.2 Å². The minimum Gasteiger partial charge on any atom is -0.447 e. The zero-order valence-corrected chi connectivity index (χ0v) is 13.8. The molecule has 0 aliphatic heterocycles. The molecule has 0 spiro atoms. The van der Waals surface area contributed by atoms with Crippen molar-refractivity contribution in [3.05, 3.63) is 34.0 Å². The van der Waals surface area contributed by atoms with Crippen molar-refractivity contribution >= 4 is 21.4 Å². The smallest absolute Gasteiger partial charge is 0.274 e. The lowest BCUT2D eigenvalue weighted by molar-refractivity contribution is 0.403. The fourth-order valence-electron chi connectivity index (χ4n) is 1.80. The number of hydrogen-bond acceptors (Lipinski definition) is 6. The van der Waals surface area contributed by atoms with Gasteiger partial charge in [-0.1, -0.05) is 6.92 Å². The standard InChI is InChI=1S/C13H19N3O3S2/c1-4-11-8-15-13(20-11)9(2)16-21(17,18)12-6-5-10(19-12)7-14-3/h5-6,8-9,14,16H,4,7H2,1-3H3. The molecule has 0 saturated carbocycles. The van der Waals surface area contributed by atoms with Crippen LogP contribution in [0.25, 0.3) is 0 Å². The van der Waals surface area contributed by atoms with Crippen LogP contribution in [0.5, 0.6) is 0 Å². The Labute approximate surface area is 128 Å². The summed E-state index contributed by atoms with van der Waals surface area (Å²) in [7, 11) is -1.91. The largest absolute Gasteiger partial charge is 0.447 e. The van der Waals surface area contributed by atoms with Gasteiger partial charge >= 0.3 is 0 Å². The molecule has 1 atom stereocenters. The van der Waals surface area contributed by atoms with Crippen LogP contribution >= 0.6 is 11.3 Å². The Morgan fingerprint density at radius 1 is 1.43 bits per heavy atom. The van der Waals surface area contributed by atoms with Crippen LogP contribution in [0.4, 0.5) is 0 Å². The van der Waals surface area contributed by atoms with Gasteiger partial charge in [0.15, 0.2) is 0 Å². The van der Waals surface area contributed by atoms with Gasteiger partial charge in [0, 0.05) is 11.1 Å². The Morgan fingerprint density at radius 2 is 2.19 bits per heavy atom. The first-order valence-electron chi connectivity index (χ1n) is 6.66. The van der Waals surface area contributed by atoms with Crippen LogP contribution in [0.3, 0.4) is 0 Å². The van der Waals surface area contributed by atoms with Gasteiger partial charge in [0.1, 0.15) is 10.8 Å². The zero-order chi connectivity index (χ0) is 15.5. The van der Waals surface area contributed by atoms with Crippen molar-refractivity contribution in [3.8, 4) is 0 Å². The van der Waals surface area contributed by atoms with Crippen LogP contribution in [0.2, 0.25) is 0 Å².